The number of benzene rings is 4. The van der Waals surface area contributed by atoms with E-state index in [2.05, 4.69) is 40.7 Å². The van der Waals surface area contributed by atoms with Crippen molar-refractivity contribution in [2.45, 2.75) is 14.7 Å². The maximum atomic E-state index is 12.7. The summed E-state index contributed by atoms with van der Waals surface area (Å²) in [6.45, 7) is 2.73. The van der Waals surface area contributed by atoms with Crippen molar-refractivity contribution in [2.75, 3.05) is 26.3 Å². The molecule has 4 rings (SSSR count). The predicted octanol–water partition coefficient (Wildman–Crippen LogP) is 4.23. The number of carbonyl (C=O) groups excluding carboxylic acids is 3. The van der Waals surface area contributed by atoms with Gasteiger partial charge in [-0.15, -0.1) is 8.67 Å². The zero-order valence-corrected chi connectivity index (χ0v) is 25.0. The van der Waals surface area contributed by atoms with Crippen LogP contribution in [0.1, 0.15) is 0 Å². The summed E-state index contributed by atoms with van der Waals surface area (Å²) in [5.41, 5.74) is 0. The molecule has 0 aliphatic rings. The van der Waals surface area contributed by atoms with Crippen LogP contribution < -0.4 is 15.4 Å². The van der Waals surface area contributed by atoms with E-state index in [4.69, 9.17) is 20.0 Å². The Morgan fingerprint density at radius 2 is 1.33 bits per heavy atom. The van der Waals surface area contributed by atoms with Crippen LogP contribution in [0.2, 0.25) is 0 Å². The summed E-state index contributed by atoms with van der Waals surface area (Å²) >= 11 is 1.02. The van der Waals surface area contributed by atoms with Gasteiger partial charge in [0.1, 0.15) is 23.9 Å². The maximum Gasteiger partial charge on any atom is 0.412 e. The molecule has 0 aromatic heterocycles. The molecule has 0 aliphatic carbocycles. The van der Waals surface area contributed by atoms with Crippen molar-refractivity contribution >= 4 is 84.7 Å². The Balaban J connectivity index is 1.61. The van der Waals surface area contributed by atoms with Gasteiger partial charge in [0.05, 0.1) is 29.0 Å². The third-order valence-corrected chi connectivity index (χ3v) is 8.11. The van der Waals surface area contributed by atoms with Crippen LogP contribution in [0.25, 0.3) is 32.3 Å². The first-order valence-electron chi connectivity index (χ1n) is 12.3. The van der Waals surface area contributed by atoms with Gasteiger partial charge in [-0.05, 0) is 29.0 Å². The second kappa shape index (κ2) is 15.4. The summed E-state index contributed by atoms with van der Waals surface area (Å²) in [7, 11) is -4.77. The molecule has 4 aromatic rings. The van der Waals surface area contributed by atoms with Gasteiger partial charge in [0.15, 0.2) is 0 Å². The van der Waals surface area contributed by atoms with E-state index in [9.17, 15) is 27.4 Å². The summed E-state index contributed by atoms with van der Waals surface area (Å²) in [5, 5.41) is 31.5. The molecule has 0 atom stereocenters. The Labute approximate surface area is 261 Å². The smallest absolute Gasteiger partial charge is 0.412 e. The molecule has 0 radical (unpaired) electrons. The third kappa shape index (κ3) is 8.20. The fourth-order valence-electron chi connectivity index (χ4n) is 4.26. The van der Waals surface area contributed by atoms with Crippen molar-refractivity contribution in [3.8, 4) is 5.75 Å². The van der Waals surface area contributed by atoms with E-state index in [1.807, 2.05) is 0 Å². The molecule has 4 aromatic carbocycles. The van der Waals surface area contributed by atoms with E-state index in [1.54, 1.807) is 12.1 Å². The van der Waals surface area contributed by atoms with Gasteiger partial charge in [-0.2, -0.15) is 8.42 Å². The summed E-state index contributed by atoms with van der Waals surface area (Å²) < 4.78 is 58.8. The van der Waals surface area contributed by atoms with Crippen molar-refractivity contribution in [3.63, 3.8) is 0 Å². The van der Waals surface area contributed by atoms with E-state index in [0.717, 1.165) is 12.1 Å². The number of alkyl carbamates (subject to hydrolysis) is 1. The molecule has 17 nitrogen and oxygen atoms in total. The van der Waals surface area contributed by atoms with E-state index in [1.165, 1.54) is 18.2 Å². The molecule has 0 spiro atoms. The zero-order chi connectivity index (χ0) is 32.6. The van der Waals surface area contributed by atoms with Crippen molar-refractivity contribution < 1.29 is 70.8 Å². The van der Waals surface area contributed by atoms with Crippen LogP contribution in [0.15, 0.2) is 63.7 Å². The minimum atomic E-state index is -4.77. The normalized spacial score (nSPS) is 11.5. The van der Waals surface area contributed by atoms with Crippen LogP contribution in [-0.2, 0) is 43.1 Å². The van der Waals surface area contributed by atoms with Gasteiger partial charge in [-0.3, -0.25) is 4.55 Å². The Morgan fingerprint density at radius 1 is 0.800 bits per heavy atom. The van der Waals surface area contributed by atoms with Crippen molar-refractivity contribution in [2.24, 2.45) is 0 Å². The molecule has 45 heavy (non-hydrogen) atoms. The standard InChI is InChI=1S/C25H22N2O15S3/c1-2-21(28)36-9-10-37-24(29)26-7-8-27-25(30)38-17-11-18(43-41-39-31)14-4-5-15-19(44-42-40-32)12-20(45(33,34)35)16-6-3-13(17)22(14)23(15)16/h2-6,11-12,31-32H,1,7-10H2,(H,26,29)(H,27,30)(H,33,34,35). The van der Waals surface area contributed by atoms with Crippen LogP contribution in [0.3, 0.4) is 0 Å². The lowest BCUT2D eigenvalue weighted by Gasteiger charge is -2.18. The Morgan fingerprint density at radius 3 is 1.93 bits per heavy atom. The summed E-state index contributed by atoms with van der Waals surface area (Å²) in [5.74, 6) is -0.693. The van der Waals surface area contributed by atoms with Crippen LogP contribution in [0.4, 0.5) is 9.59 Å². The molecule has 20 heteroatoms. The van der Waals surface area contributed by atoms with Crippen LogP contribution in [-0.4, -0.2) is 67.9 Å². The predicted molar refractivity (Wildman–Crippen MR) is 156 cm³/mol. The van der Waals surface area contributed by atoms with Gasteiger partial charge in [-0.1, -0.05) is 34.9 Å². The topological polar surface area (TPSA) is 235 Å². The highest BCUT2D eigenvalue weighted by Gasteiger charge is 2.24. The number of nitrogens with one attached hydrogen (secondary N) is 2. The molecule has 0 saturated heterocycles. The van der Waals surface area contributed by atoms with Crippen molar-refractivity contribution in [1.29, 1.82) is 0 Å². The van der Waals surface area contributed by atoms with Crippen molar-refractivity contribution in [1.82, 2.24) is 10.6 Å². The average molecular weight is 687 g/mol. The lowest BCUT2D eigenvalue weighted by atomic mass is 9.93. The molecule has 240 valence electrons. The number of ether oxygens (including phenoxy) is 3. The number of amides is 2. The minimum Gasteiger partial charge on any atom is -0.459 e. The largest absolute Gasteiger partial charge is 0.459 e. The fraction of sp³-hybridized carbons (Fsp3) is 0.160. The molecule has 0 aliphatic heterocycles. The van der Waals surface area contributed by atoms with Gasteiger partial charge >= 0.3 is 18.2 Å². The summed E-state index contributed by atoms with van der Waals surface area (Å²) in [6.07, 6.45) is -0.794. The van der Waals surface area contributed by atoms with E-state index in [0.29, 0.717) is 51.0 Å². The second-order valence-electron chi connectivity index (χ2n) is 8.49. The lowest BCUT2D eigenvalue weighted by molar-refractivity contribution is -0.432. The van der Waals surface area contributed by atoms with E-state index < -0.39 is 33.2 Å². The van der Waals surface area contributed by atoms with Crippen LogP contribution in [0.5, 0.6) is 5.75 Å². The molecular weight excluding hydrogens is 664 g/mol. The maximum absolute atomic E-state index is 12.7. The van der Waals surface area contributed by atoms with Gasteiger partial charge in [0, 0.05) is 45.6 Å². The number of rotatable bonds is 15. The van der Waals surface area contributed by atoms with Gasteiger partial charge in [0.25, 0.3) is 10.1 Å². The number of hydrogen-bond donors (Lipinski definition) is 5. The van der Waals surface area contributed by atoms with Gasteiger partial charge < -0.3 is 24.8 Å². The van der Waals surface area contributed by atoms with Gasteiger partial charge in [0.2, 0.25) is 0 Å². The highest BCUT2D eigenvalue weighted by Crippen LogP contribution is 2.47. The molecule has 0 saturated carbocycles. The van der Waals surface area contributed by atoms with E-state index >= 15 is 0 Å². The fourth-order valence-corrected chi connectivity index (χ4v) is 6.09. The Hall–Kier alpha value is -3.96. The Bertz CT molecular complexity index is 1830. The summed E-state index contributed by atoms with van der Waals surface area (Å²) in [6, 6.07) is 8.65. The van der Waals surface area contributed by atoms with Crippen molar-refractivity contribution in [3.05, 3.63) is 49.1 Å². The second-order valence-corrected chi connectivity index (χ2v) is 11.4. The highest BCUT2D eigenvalue weighted by molar-refractivity contribution is 7.95. The SMILES string of the molecule is C=CC(=O)OCCOC(=O)NCCNC(=O)Oc1cc(SOOO)c2ccc3c(SOOO)cc(S(=O)(=O)O)c4ccc1c2c34. The Kier molecular flexibility index (Phi) is 11.6. The number of carbonyl (C=O) groups is 3. The first-order chi connectivity index (χ1) is 21.6. The van der Waals surface area contributed by atoms with Gasteiger partial charge in [-0.25, -0.2) is 24.9 Å². The molecule has 0 heterocycles. The summed E-state index contributed by atoms with van der Waals surface area (Å²) in [4.78, 5) is 35.3. The first-order valence-corrected chi connectivity index (χ1v) is 15.2. The molecule has 0 unspecified atom stereocenters. The monoisotopic (exact) mass is 686 g/mol. The highest BCUT2D eigenvalue weighted by atomic mass is 32.2. The molecule has 2 amide bonds. The number of esters is 1. The van der Waals surface area contributed by atoms with E-state index in [-0.39, 0.29) is 47.2 Å². The molecule has 0 fully saturated rings. The molecule has 5 N–H and O–H groups in total. The van der Waals surface area contributed by atoms with Crippen LogP contribution in [0, 0.1) is 0 Å². The van der Waals surface area contributed by atoms with Crippen LogP contribution >= 0.6 is 24.1 Å². The lowest BCUT2D eigenvalue weighted by Crippen LogP contribution is -2.36. The molecule has 0 bridgehead atoms. The average Bonchev–Trinajstić information content (AvgIpc) is 3.02. The molecular formula is C25H22N2O15S3. The number of hydrogen-bond acceptors (Lipinski definition) is 16. The minimum absolute atomic E-state index is 0.0266. The first kappa shape index (κ1) is 33.9. The third-order valence-electron chi connectivity index (χ3n) is 5.93. The zero-order valence-electron chi connectivity index (χ0n) is 22.5. The quantitative estimate of drug-likeness (QED) is 0.0172.